The summed E-state index contributed by atoms with van der Waals surface area (Å²) in [6, 6.07) is 21.5. The molecule has 32 heavy (non-hydrogen) atoms. The molecule has 0 spiro atoms. The normalized spacial score (nSPS) is 19.4. The van der Waals surface area contributed by atoms with Crippen LogP contribution in [0.1, 0.15) is 81.0 Å². The third-order valence-corrected chi connectivity index (χ3v) is 6.56. The molecule has 5 rings (SSSR count). The Morgan fingerprint density at radius 1 is 0.656 bits per heavy atom. The van der Waals surface area contributed by atoms with Crippen LogP contribution in [0.3, 0.4) is 0 Å². The average molecular weight is 426 g/mol. The lowest BCUT2D eigenvalue weighted by Gasteiger charge is -2.26. The SMILES string of the molecule is O=C(N[C@@H]1CCCc2ccccc21)c1cccc(C(=O)N[C@@H]2CCCc3ccccc32)n1. The van der Waals surface area contributed by atoms with Crippen molar-refractivity contribution < 1.29 is 9.59 Å². The standard InChI is InChI=1S/C27H27N3O2/c31-26(29-22-14-5-10-18-8-1-3-12-20(18)22)24-16-7-17-25(28-24)27(32)30-23-15-6-11-19-9-2-4-13-21(19)23/h1-4,7-9,12-13,16-17,22-23H,5-6,10-11,14-15H2,(H,29,31)(H,30,32)/t22-,23-/m1/s1. The van der Waals surface area contributed by atoms with Crippen LogP contribution in [0.25, 0.3) is 0 Å². The second-order valence-electron chi connectivity index (χ2n) is 8.64. The summed E-state index contributed by atoms with van der Waals surface area (Å²) in [4.78, 5) is 30.3. The Morgan fingerprint density at radius 3 is 1.62 bits per heavy atom. The number of nitrogens with zero attached hydrogens (tertiary/aromatic N) is 1. The maximum absolute atomic E-state index is 12.9. The van der Waals surface area contributed by atoms with E-state index in [0.717, 1.165) is 38.5 Å². The molecule has 5 heteroatoms. The summed E-state index contributed by atoms with van der Waals surface area (Å²) in [6.07, 6.45) is 5.98. The predicted octanol–water partition coefficient (Wildman–Crippen LogP) is 4.70. The Kier molecular flexibility index (Phi) is 5.71. The third kappa shape index (κ3) is 4.15. The van der Waals surface area contributed by atoms with Crippen molar-refractivity contribution in [2.45, 2.75) is 50.6 Å². The number of rotatable bonds is 4. The van der Waals surface area contributed by atoms with E-state index in [1.54, 1.807) is 18.2 Å². The molecular weight excluding hydrogens is 398 g/mol. The van der Waals surface area contributed by atoms with Crippen LogP contribution in [0.2, 0.25) is 0 Å². The maximum Gasteiger partial charge on any atom is 0.270 e. The zero-order chi connectivity index (χ0) is 21.9. The molecule has 162 valence electrons. The molecule has 3 aromatic rings. The number of benzene rings is 2. The zero-order valence-electron chi connectivity index (χ0n) is 18.0. The molecule has 0 aliphatic heterocycles. The molecule has 5 nitrogen and oxygen atoms in total. The molecular formula is C27H27N3O2. The fourth-order valence-electron chi connectivity index (χ4n) is 4.96. The highest BCUT2D eigenvalue weighted by Crippen LogP contribution is 2.30. The number of amides is 2. The monoisotopic (exact) mass is 425 g/mol. The number of carbonyl (C=O) groups is 2. The summed E-state index contributed by atoms with van der Waals surface area (Å²) < 4.78 is 0. The number of pyridine rings is 1. The Hall–Kier alpha value is -3.47. The highest BCUT2D eigenvalue weighted by atomic mass is 16.2. The van der Waals surface area contributed by atoms with Crippen molar-refractivity contribution >= 4 is 11.8 Å². The molecule has 1 heterocycles. The van der Waals surface area contributed by atoms with Crippen molar-refractivity contribution in [1.82, 2.24) is 15.6 Å². The zero-order valence-corrected chi connectivity index (χ0v) is 18.0. The van der Waals surface area contributed by atoms with Gasteiger partial charge in [-0.1, -0.05) is 54.6 Å². The molecule has 1 aromatic heterocycles. The van der Waals surface area contributed by atoms with Gasteiger partial charge in [0.2, 0.25) is 0 Å². The van der Waals surface area contributed by atoms with E-state index < -0.39 is 0 Å². The first-order valence-electron chi connectivity index (χ1n) is 11.4. The van der Waals surface area contributed by atoms with Crippen molar-refractivity contribution in [2.75, 3.05) is 0 Å². The topological polar surface area (TPSA) is 71.1 Å². The smallest absolute Gasteiger partial charge is 0.270 e. The van der Waals surface area contributed by atoms with Gasteiger partial charge in [0.15, 0.2) is 0 Å². The van der Waals surface area contributed by atoms with Gasteiger partial charge in [0, 0.05) is 0 Å². The first-order chi connectivity index (χ1) is 15.7. The van der Waals surface area contributed by atoms with Gasteiger partial charge in [0.25, 0.3) is 11.8 Å². The van der Waals surface area contributed by atoms with Crippen LogP contribution in [-0.4, -0.2) is 16.8 Å². The Balaban J connectivity index is 1.30. The van der Waals surface area contributed by atoms with Crippen LogP contribution in [-0.2, 0) is 12.8 Å². The minimum absolute atomic E-state index is 0.0227. The molecule has 2 N–H and O–H groups in total. The van der Waals surface area contributed by atoms with Gasteiger partial charge in [0.05, 0.1) is 12.1 Å². The average Bonchev–Trinajstić information content (AvgIpc) is 2.84. The van der Waals surface area contributed by atoms with Crippen molar-refractivity contribution in [3.05, 3.63) is 100 Å². The molecule has 2 atom stereocenters. The third-order valence-electron chi connectivity index (χ3n) is 6.56. The Morgan fingerprint density at radius 2 is 1.12 bits per heavy atom. The van der Waals surface area contributed by atoms with E-state index in [9.17, 15) is 9.59 Å². The first kappa shape index (κ1) is 20.4. The van der Waals surface area contributed by atoms with E-state index in [0.29, 0.717) is 0 Å². The number of fused-ring (bicyclic) bond motifs is 2. The van der Waals surface area contributed by atoms with Gasteiger partial charge in [-0.25, -0.2) is 4.98 Å². The van der Waals surface area contributed by atoms with Crippen LogP contribution in [0.15, 0.2) is 66.7 Å². The van der Waals surface area contributed by atoms with E-state index in [1.165, 1.54) is 22.3 Å². The largest absolute Gasteiger partial charge is 0.344 e. The number of hydrogen-bond donors (Lipinski definition) is 2. The highest BCUT2D eigenvalue weighted by Gasteiger charge is 2.24. The van der Waals surface area contributed by atoms with Gasteiger partial charge >= 0.3 is 0 Å². The number of hydrogen-bond acceptors (Lipinski definition) is 3. The van der Waals surface area contributed by atoms with Gasteiger partial charge in [0.1, 0.15) is 11.4 Å². The predicted molar refractivity (Wildman–Crippen MR) is 123 cm³/mol. The Bertz CT molecular complexity index is 1070. The van der Waals surface area contributed by atoms with Crippen LogP contribution in [0.4, 0.5) is 0 Å². The van der Waals surface area contributed by atoms with Crippen LogP contribution >= 0.6 is 0 Å². The second-order valence-corrected chi connectivity index (χ2v) is 8.64. The molecule has 0 unspecified atom stereocenters. The van der Waals surface area contributed by atoms with Crippen molar-refractivity contribution in [3.8, 4) is 0 Å². The summed E-state index contributed by atoms with van der Waals surface area (Å²) in [5.41, 5.74) is 5.47. The summed E-state index contributed by atoms with van der Waals surface area (Å²) in [7, 11) is 0. The Labute approximate surface area is 188 Å². The van der Waals surface area contributed by atoms with Gasteiger partial charge in [-0.2, -0.15) is 0 Å². The lowest BCUT2D eigenvalue weighted by atomic mass is 9.87. The summed E-state index contributed by atoms with van der Waals surface area (Å²) in [6.45, 7) is 0. The molecule has 2 aliphatic carbocycles. The van der Waals surface area contributed by atoms with E-state index in [4.69, 9.17) is 0 Å². The van der Waals surface area contributed by atoms with E-state index in [2.05, 4.69) is 39.9 Å². The molecule has 2 aromatic carbocycles. The molecule has 0 saturated heterocycles. The lowest BCUT2D eigenvalue weighted by molar-refractivity contribution is 0.0923. The van der Waals surface area contributed by atoms with Gasteiger partial charge < -0.3 is 10.6 Å². The van der Waals surface area contributed by atoms with Gasteiger partial charge in [-0.15, -0.1) is 0 Å². The minimum Gasteiger partial charge on any atom is -0.344 e. The summed E-state index contributed by atoms with van der Waals surface area (Å²) in [5.74, 6) is -0.492. The van der Waals surface area contributed by atoms with Crippen LogP contribution in [0.5, 0.6) is 0 Å². The first-order valence-corrected chi connectivity index (χ1v) is 11.4. The van der Waals surface area contributed by atoms with Gasteiger partial charge in [-0.05, 0) is 72.9 Å². The van der Waals surface area contributed by atoms with Crippen LogP contribution in [0, 0.1) is 0 Å². The van der Waals surface area contributed by atoms with E-state index in [-0.39, 0.29) is 35.3 Å². The van der Waals surface area contributed by atoms with Crippen molar-refractivity contribution in [1.29, 1.82) is 0 Å². The highest BCUT2D eigenvalue weighted by molar-refractivity contribution is 5.96. The van der Waals surface area contributed by atoms with Crippen molar-refractivity contribution in [2.24, 2.45) is 0 Å². The fourth-order valence-corrected chi connectivity index (χ4v) is 4.96. The second kappa shape index (κ2) is 8.95. The molecule has 0 bridgehead atoms. The quantitative estimate of drug-likeness (QED) is 0.637. The molecule has 0 fully saturated rings. The van der Waals surface area contributed by atoms with E-state index >= 15 is 0 Å². The molecule has 0 radical (unpaired) electrons. The number of aryl methyl sites for hydroxylation is 2. The molecule has 0 saturated carbocycles. The number of nitrogens with one attached hydrogen (secondary N) is 2. The maximum atomic E-state index is 12.9. The summed E-state index contributed by atoms with van der Waals surface area (Å²) >= 11 is 0. The molecule has 2 amide bonds. The minimum atomic E-state index is -0.246. The van der Waals surface area contributed by atoms with Crippen LogP contribution < -0.4 is 10.6 Å². The van der Waals surface area contributed by atoms with Gasteiger partial charge in [-0.3, -0.25) is 9.59 Å². The fraction of sp³-hybridized carbons (Fsp3) is 0.296. The number of aromatic nitrogens is 1. The lowest BCUT2D eigenvalue weighted by Crippen LogP contribution is -2.33. The van der Waals surface area contributed by atoms with Crippen molar-refractivity contribution in [3.63, 3.8) is 0 Å². The van der Waals surface area contributed by atoms with E-state index in [1.807, 2.05) is 24.3 Å². The summed E-state index contributed by atoms with van der Waals surface area (Å²) in [5, 5.41) is 6.24. The molecule has 2 aliphatic rings. The number of carbonyl (C=O) groups excluding carboxylic acids is 2.